The van der Waals surface area contributed by atoms with Crippen molar-refractivity contribution in [1.29, 1.82) is 0 Å². The Hall–Kier alpha value is -0.860. The van der Waals surface area contributed by atoms with Crippen LogP contribution in [0.4, 0.5) is 0 Å². The first kappa shape index (κ1) is 10.7. The van der Waals surface area contributed by atoms with Gasteiger partial charge in [-0.3, -0.25) is 4.79 Å². The van der Waals surface area contributed by atoms with Gasteiger partial charge in [0, 0.05) is 24.0 Å². The lowest BCUT2D eigenvalue weighted by Crippen LogP contribution is -2.16. The zero-order valence-corrected chi connectivity index (χ0v) is 9.17. The molecular formula is C12H13ClO2. The van der Waals surface area contributed by atoms with E-state index in [-0.39, 0.29) is 11.7 Å². The topological polar surface area (TPSA) is 26.3 Å². The van der Waals surface area contributed by atoms with Gasteiger partial charge in [0.15, 0.2) is 0 Å². The van der Waals surface area contributed by atoms with Crippen molar-refractivity contribution in [3.05, 3.63) is 34.9 Å². The molecule has 3 heteroatoms. The highest BCUT2D eigenvalue weighted by Crippen LogP contribution is 2.20. The van der Waals surface area contributed by atoms with Gasteiger partial charge in [-0.25, -0.2) is 0 Å². The summed E-state index contributed by atoms with van der Waals surface area (Å²) in [5, 5.41) is 0.671. The minimum absolute atomic E-state index is 0.0706. The summed E-state index contributed by atoms with van der Waals surface area (Å²) >= 11 is 5.99. The second kappa shape index (κ2) is 4.77. The monoisotopic (exact) mass is 224 g/mol. The van der Waals surface area contributed by atoms with E-state index in [9.17, 15) is 4.79 Å². The number of hydrogen-bond donors (Lipinski definition) is 0. The van der Waals surface area contributed by atoms with E-state index < -0.39 is 0 Å². The number of ether oxygens (including phenoxy) is 1. The molecule has 2 rings (SSSR count). The Balaban J connectivity index is 2.02. The predicted octanol–water partition coefficient (Wildman–Crippen LogP) is 2.49. The highest BCUT2D eigenvalue weighted by Gasteiger charge is 2.23. The van der Waals surface area contributed by atoms with E-state index >= 15 is 0 Å². The third-order valence-electron chi connectivity index (χ3n) is 2.71. The van der Waals surface area contributed by atoms with Gasteiger partial charge in [0.05, 0.1) is 6.61 Å². The highest BCUT2D eigenvalue weighted by molar-refractivity contribution is 6.31. The van der Waals surface area contributed by atoms with Crippen molar-refractivity contribution in [2.24, 2.45) is 5.92 Å². The van der Waals surface area contributed by atoms with E-state index in [1.165, 1.54) is 0 Å². The van der Waals surface area contributed by atoms with Crippen LogP contribution in [0.5, 0.6) is 0 Å². The van der Waals surface area contributed by atoms with Gasteiger partial charge in [0.25, 0.3) is 0 Å². The van der Waals surface area contributed by atoms with Gasteiger partial charge in [0.1, 0.15) is 5.78 Å². The van der Waals surface area contributed by atoms with Crippen molar-refractivity contribution in [3.8, 4) is 0 Å². The van der Waals surface area contributed by atoms with Crippen molar-refractivity contribution in [2.45, 2.75) is 12.8 Å². The molecule has 0 radical (unpaired) electrons. The predicted molar refractivity (Wildman–Crippen MR) is 59.1 cm³/mol. The van der Waals surface area contributed by atoms with Crippen molar-refractivity contribution < 1.29 is 9.53 Å². The lowest BCUT2D eigenvalue weighted by molar-refractivity contribution is -0.122. The Bertz CT molecular complexity index is 356. The first-order valence-corrected chi connectivity index (χ1v) is 5.49. The fraction of sp³-hybridized carbons (Fsp3) is 0.417. The van der Waals surface area contributed by atoms with Crippen LogP contribution >= 0.6 is 11.6 Å². The molecule has 0 bridgehead atoms. The van der Waals surface area contributed by atoms with Crippen molar-refractivity contribution in [2.75, 3.05) is 13.2 Å². The van der Waals surface area contributed by atoms with Crippen LogP contribution in [0.25, 0.3) is 0 Å². The lowest BCUT2D eigenvalue weighted by atomic mass is 9.97. The number of ketones is 1. The second-order valence-corrected chi connectivity index (χ2v) is 4.20. The molecule has 2 nitrogen and oxygen atoms in total. The lowest BCUT2D eigenvalue weighted by Gasteiger charge is -2.07. The zero-order valence-electron chi connectivity index (χ0n) is 8.41. The van der Waals surface area contributed by atoms with Crippen LogP contribution in [-0.4, -0.2) is 19.0 Å². The van der Waals surface area contributed by atoms with Crippen LogP contribution < -0.4 is 0 Å². The Kier molecular flexibility index (Phi) is 3.39. The van der Waals surface area contributed by atoms with Crippen LogP contribution in [0, 0.1) is 5.92 Å². The summed E-state index contributed by atoms with van der Waals surface area (Å²) in [5.41, 5.74) is 0.913. The molecule has 1 atom stereocenters. The molecule has 0 N–H and O–H groups in total. The molecule has 1 heterocycles. The third kappa shape index (κ3) is 2.58. The van der Waals surface area contributed by atoms with Crippen LogP contribution in [0.1, 0.15) is 12.0 Å². The SMILES string of the molecule is O=C(Cc1ccccc1Cl)[C@@H]1CCOC1. The van der Waals surface area contributed by atoms with E-state index in [1.807, 2.05) is 24.3 Å². The normalized spacial score (nSPS) is 20.5. The fourth-order valence-corrected chi connectivity index (χ4v) is 1.96. The molecule has 1 aromatic carbocycles. The average Bonchev–Trinajstić information content (AvgIpc) is 2.74. The van der Waals surface area contributed by atoms with E-state index in [4.69, 9.17) is 16.3 Å². The Labute approximate surface area is 94.2 Å². The van der Waals surface area contributed by atoms with E-state index in [0.717, 1.165) is 12.0 Å². The number of carbonyl (C=O) groups is 1. The summed E-state index contributed by atoms with van der Waals surface area (Å²) in [6.45, 7) is 1.28. The molecule has 0 spiro atoms. The molecule has 1 fully saturated rings. The zero-order chi connectivity index (χ0) is 10.7. The van der Waals surface area contributed by atoms with Gasteiger partial charge in [-0.2, -0.15) is 0 Å². The summed E-state index contributed by atoms with van der Waals surface area (Å²) in [6, 6.07) is 7.49. The molecule has 80 valence electrons. The molecule has 0 aliphatic carbocycles. The van der Waals surface area contributed by atoms with Gasteiger partial charge in [0.2, 0.25) is 0 Å². The summed E-state index contributed by atoms with van der Waals surface area (Å²) in [6.07, 6.45) is 1.27. The number of rotatable bonds is 3. The van der Waals surface area contributed by atoms with Crippen LogP contribution in [0.2, 0.25) is 5.02 Å². The Morgan fingerprint density at radius 2 is 2.27 bits per heavy atom. The number of Topliss-reactive ketones (excluding diaryl/α,β-unsaturated/α-hetero) is 1. The summed E-state index contributed by atoms with van der Waals surface area (Å²) < 4.78 is 5.19. The maximum atomic E-state index is 11.8. The third-order valence-corrected chi connectivity index (χ3v) is 3.08. The molecule has 15 heavy (non-hydrogen) atoms. The van der Waals surface area contributed by atoms with E-state index in [2.05, 4.69) is 0 Å². The van der Waals surface area contributed by atoms with Gasteiger partial charge in [-0.05, 0) is 18.1 Å². The van der Waals surface area contributed by atoms with Gasteiger partial charge < -0.3 is 4.74 Å². The van der Waals surface area contributed by atoms with Crippen molar-refractivity contribution >= 4 is 17.4 Å². The maximum Gasteiger partial charge on any atom is 0.142 e. The largest absolute Gasteiger partial charge is 0.381 e. The van der Waals surface area contributed by atoms with Gasteiger partial charge in [-0.1, -0.05) is 29.8 Å². The first-order valence-electron chi connectivity index (χ1n) is 5.11. The Morgan fingerprint density at radius 1 is 1.47 bits per heavy atom. The summed E-state index contributed by atoms with van der Waals surface area (Å²) in [4.78, 5) is 11.8. The molecule has 0 aromatic heterocycles. The first-order chi connectivity index (χ1) is 7.27. The molecule has 0 amide bonds. The second-order valence-electron chi connectivity index (χ2n) is 3.80. The molecular weight excluding hydrogens is 212 g/mol. The highest BCUT2D eigenvalue weighted by atomic mass is 35.5. The minimum Gasteiger partial charge on any atom is -0.381 e. The summed E-state index contributed by atoms with van der Waals surface area (Å²) in [7, 11) is 0. The van der Waals surface area contributed by atoms with Gasteiger partial charge in [-0.15, -0.1) is 0 Å². The van der Waals surface area contributed by atoms with Crippen LogP contribution in [-0.2, 0) is 16.0 Å². The molecule has 1 aliphatic rings. The van der Waals surface area contributed by atoms with Gasteiger partial charge >= 0.3 is 0 Å². The molecule has 0 unspecified atom stereocenters. The standard InChI is InChI=1S/C12H13ClO2/c13-11-4-2-1-3-9(11)7-12(14)10-5-6-15-8-10/h1-4,10H,5-8H2/t10-/m1/s1. The van der Waals surface area contributed by atoms with Crippen LogP contribution in [0.15, 0.2) is 24.3 Å². The molecule has 1 saturated heterocycles. The van der Waals surface area contributed by atoms with Crippen molar-refractivity contribution in [3.63, 3.8) is 0 Å². The van der Waals surface area contributed by atoms with E-state index in [1.54, 1.807) is 0 Å². The van der Waals surface area contributed by atoms with E-state index in [0.29, 0.717) is 24.7 Å². The number of benzene rings is 1. The Morgan fingerprint density at radius 3 is 2.93 bits per heavy atom. The molecule has 1 aromatic rings. The quantitative estimate of drug-likeness (QED) is 0.789. The fourth-order valence-electron chi connectivity index (χ4n) is 1.76. The minimum atomic E-state index is 0.0706. The number of hydrogen-bond acceptors (Lipinski definition) is 2. The maximum absolute atomic E-state index is 11.8. The molecule has 0 saturated carbocycles. The van der Waals surface area contributed by atoms with Crippen molar-refractivity contribution in [1.82, 2.24) is 0 Å². The molecule has 1 aliphatic heterocycles. The smallest absolute Gasteiger partial charge is 0.142 e. The number of halogens is 1. The average molecular weight is 225 g/mol. The number of carbonyl (C=O) groups excluding carboxylic acids is 1. The summed E-state index contributed by atoms with van der Waals surface area (Å²) in [5.74, 6) is 0.307. The van der Waals surface area contributed by atoms with Crippen LogP contribution in [0.3, 0.4) is 0 Å².